The van der Waals surface area contributed by atoms with Crippen molar-refractivity contribution < 1.29 is 29.0 Å². The Hall–Kier alpha value is -3.10. The predicted molar refractivity (Wildman–Crippen MR) is 94.4 cm³/mol. The number of nitrogens with zero attached hydrogens (tertiary/aromatic N) is 1. The lowest BCUT2D eigenvalue weighted by Crippen LogP contribution is -2.41. The molecule has 0 saturated heterocycles. The van der Waals surface area contributed by atoms with Crippen LogP contribution in [-0.4, -0.2) is 48.4 Å². The number of aliphatic carboxylic acids is 1. The van der Waals surface area contributed by atoms with E-state index in [1.165, 1.54) is 12.3 Å². The third-order valence-corrected chi connectivity index (χ3v) is 3.19. The molecule has 0 aliphatic heterocycles. The largest absolute Gasteiger partial charge is 0.490 e. The number of nitrogens with one attached hydrogen (secondary N) is 2. The van der Waals surface area contributed by atoms with Crippen LogP contribution in [0.5, 0.6) is 11.5 Å². The maximum Gasteiger partial charge on any atom is 0.341 e. The molecular weight excluding hydrogens is 342 g/mol. The number of hydrazone groups is 1. The molecule has 142 valence electrons. The van der Waals surface area contributed by atoms with Crippen molar-refractivity contribution in [3.05, 3.63) is 23.8 Å². The molecule has 0 unspecified atom stereocenters. The average Bonchev–Trinajstić information content (AvgIpc) is 2.60. The van der Waals surface area contributed by atoms with Crippen molar-refractivity contribution in [2.24, 2.45) is 5.10 Å². The van der Waals surface area contributed by atoms with Crippen molar-refractivity contribution in [2.45, 2.75) is 33.2 Å². The van der Waals surface area contributed by atoms with Gasteiger partial charge in [0.25, 0.3) is 0 Å². The molecular formula is C17H23N3O6. The smallest absolute Gasteiger partial charge is 0.341 e. The Bertz CT molecular complexity index is 674. The number of hydrogen-bond donors (Lipinski definition) is 3. The van der Waals surface area contributed by atoms with Gasteiger partial charge in [-0.3, -0.25) is 9.59 Å². The van der Waals surface area contributed by atoms with Crippen molar-refractivity contribution in [2.75, 3.05) is 13.2 Å². The Morgan fingerprint density at radius 1 is 1.19 bits per heavy atom. The molecule has 9 heteroatoms. The molecule has 3 N–H and O–H groups in total. The van der Waals surface area contributed by atoms with Crippen LogP contribution >= 0.6 is 0 Å². The number of carbonyl (C=O) groups excluding carboxylic acids is 2. The number of carboxylic acid groups (broad SMARTS) is 1. The Labute approximate surface area is 151 Å². The molecule has 1 atom stereocenters. The van der Waals surface area contributed by atoms with E-state index in [9.17, 15) is 14.4 Å². The van der Waals surface area contributed by atoms with Crippen LogP contribution in [0.15, 0.2) is 23.3 Å². The number of carboxylic acids is 1. The zero-order chi connectivity index (χ0) is 19.5. The Balaban J connectivity index is 2.72. The van der Waals surface area contributed by atoms with Crippen LogP contribution in [0.25, 0.3) is 0 Å². The molecule has 0 aromatic heterocycles. The number of benzene rings is 1. The molecule has 1 aromatic carbocycles. The lowest BCUT2D eigenvalue weighted by atomic mass is 10.2. The number of carbonyl (C=O) groups is 3. The van der Waals surface area contributed by atoms with Gasteiger partial charge in [0.15, 0.2) is 18.1 Å². The summed E-state index contributed by atoms with van der Waals surface area (Å²) in [6.07, 6.45) is 2.04. The van der Waals surface area contributed by atoms with E-state index in [2.05, 4.69) is 15.8 Å². The third-order valence-electron chi connectivity index (χ3n) is 3.19. The molecule has 9 nitrogen and oxygen atoms in total. The maximum absolute atomic E-state index is 11.6. The summed E-state index contributed by atoms with van der Waals surface area (Å²) in [7, 11) is 0. The Morgan fingerprint density at radius 3 is 2.54 bits per heavy atom. The number of rotatable bonds is 9. The first-order chi connectivity index (χ1) is 12.4. The Morgan fingerprint density at radius 2 is 1.92 bits per heavy atom. The van der Waals surface area contributed by atoms with Crippen LogP contribution in [0.3, 0.4) is 0 Å². The van der Waals surface area contributed by atoms with E-state index in [-0.39, 0.29) is 11.8 Å². The maximum atomic E-state index is 11.6. The standard InChI is InChI=1S/C17H23N3O6/c1-4-11(3)19-16(23)17(24)20-18-9-12-6-7-13(26-10-15(21)22)14(8-12)25-5-2/h6-9,11H,4-5,10H2,1-3H3,(H,19,23)(H,20,24)(H,21,22)/b18-9-/t11-/m0/s1. The first kappa shape index (κ1) is 20.9. The molecule has 0 heterocycles. The van der Waals surface area contributed by atoms with Crippen LogP contribution in [-0.2, 0) is 14.4 Å². The highest BCUT2D eigenvalue weighted by Crippen LogP contribution is 2.28. The molecule has 1 aromatic rings. The van der Waals surface area contributed by atoms with E-state index in [1.807, 2.05) is 6.92 Å². The lowest BCUT2D eigenvalue weighted by molar-refractivity contribution is -0.139. The molecule has 0 spiro atoms. The van der Waals surface area contributed by atoms with Gasteiger partial charge in [-0.25, -0.2) is 10.2 Å². The molecule has 0 aliphatic rings. The van der Waals surface area contributed by atoms with Gasteiger partial charge in [-0.1, -0.05) is 6.92 Å². The molecule has 0 radical (unpaired) electrons. The van der Waals surface area contributed by atoms with Gasteiger partial charge < -0.3 is 19.9 Å². The third kappa shape index (κ3) is 7.20. The zero-order valence-corrected chi connectivity index (χ0v) is 14.9. The second-order valence-corrected chi connectivity index (χ2v) is 5.30. The molecule has 0 aliphatic carbocycles. The molecule has 0 bridgehead atoms. The van der Waals surface area contributed by atoms with Gasteiger partial charge in [-0.15, -0.1) is 0 Å². The van der Waals surface area contributed by atoms with Gasteiger partial charge in [0.05, 0.1) is 12.8 Å². The van der Waals surface area contributed by atoms with Gasteiger partial charge in [0.2, 0.25) is 0 Å². The van der Waals surface area contributed by atoms with Crippen molar-refractivity contribution in [1.29, 1.82) is 0 Å². The first-order valence-electron chi connectivity index (χ1n) is 8.12. The fourth-order valence-electron chi connectivity index (χ4n) is 1.74. The van der Waals surface area contributed by atoms with E-state index in [0.29, 0.717) is 24.3 Å². The number of ether oxygens (including phenoxy) is 2. The summed E-state index contributed by atoms with van der Waals surface area (Å²) >= 11 is 0. The lowest BCUT2D eigenvalue weighted by Gasteiger charge is -2.11. The van der Waals surface area contributed by atoms with Crippen molar-refractivity contribution in [3.8, 4) is 11.5 Å². The van der Waals surface area contributed by atoms with Gasteiger partial charge in [-0.05, 0) is 44.0 Å². The van der Waals surface area contributed by atoms with Crippen LogP contribution < -0.4 is 20.2 Å². The summed E-state index contributed by atoms with van der Waals surface area (Å²) in [6, 6.07) is 4.61. The van der Waals surface area contributed by atoms with Crippen LogP contribution in [0.4, 0.5) is 0 Å². The highest BCUT2D eigenvalue weighted by molar-refractivity contribution is 6.35. The van der Waals surface area contributed by atoms with E-state index in [1.54, 1.807) is 26.0 Å². The minimum atomic E-state index is -1.10. The molecule has 0 saturated carbocycles. The van der Waals surface area contributed by atoms with E-state index in [0.717, 1.165) is 0 Å². The number of amides is 2. The van der Waals surface area contributed by atoms with E-state index < -0.39 is 24.4 Å². The minimum absolute atomic E-state index is 0.107. The summed E-state index contributed by atoms with van der Waals surface area (Å²) in [4.78, 5) is 33.8. The molecule has 2 amide bonds. The number of hydrogen-bond acceptors (Lipinski definition) is 6. The second-order valence-electron chi connectivity index (χ2n) is 5.30. The van der Waals surface area contributed by atoms with Gasteiger partial charge in [-0.2, -0.15) is 5.10 Å². The monoisotopic (exact) mass is 365 g/mol. The van der Waals surface area contributed by atoms with E-state index in [4.69, 9.17) is 14.6 Å². The van der Waals surface area contributed by atoms with Gasteiger partial charge in [0, 0.05) is 6.04 Å². The summed E-state index contributed by atoms with van der Waals surface area (Å²) in [6.45, 7) is 5.32. The predicted octanol–water partition coefficient (Wildman–Crippen LogP) is 0.913. The molecule has 1 rings (SSSR count). The molecule has 26 heavy (non-hydrogen) atoms. The minimum Gasteiger partial charge on any atom is -0.490 e. The van der Waals surface area contributed by atoms with Crippen LogP contribution in [0.1, 0.15) is 32.8 Å². The fourth-order valence-corrected chi connectivity index (χ4v) is 1.74. The van der Waals surface area contributed by atoms with Crippen LogP contribution in [0.2, 0.25) is 0 Å². The summed E-state index contributed by atoms with van der Waals surface area (Å²) in [5.41, 5.74) is 2.70. The highest BCUT2D eigenvalue weighted by Gasteiger charge is 2.14. The molecule has 0 fully saturated rings. The average molecular weight is 365 g/mol. The SMILES string of the molecule is CCOc1cc(/C=N\NC(=O)C(=O)N[C@@H](C)CC)ccc1OCC(=O)O. The van der Waals surface area contributed by atoms with Crippen molar-refractivity contribution in [3.63, 3.8) is 0 Å². The zero-order valence-electron chi connectivity index (χ0n) is 14.9. The van der Waals surface area contributed by atoms with Crippen molar-refractivity contribution >= 4 is 24.0 Å². The van der Waals surface area contributed by atoms with Crippen LogP contribution in [0, 0.1) is 0 Å². The summed E-state index contributed by atoms with van der Waals surface area (Å²) in [5, 5.41) is 14.9. The van der Waals surface area contributed by atoms with Gasteiger partial charge >= 0.3 is 17.8 Å². The topological polar surface area (TPSA) is 126 Å². The quantitative estimate of drug-likeness (QED) is 0.339. The first-order valence-corrected chi connectivity index (χ1v) is 8.12. The van der Waals surface area contributed by atoms with Gasteiger partial charge in [0.1, 0.15) is 0 Å². The summed E-state index contributed by atoms with van der Waals surface area (Å²) < 4.78 is 10.5. The Kier molecular flexibility index (Phi) is 8.62. The second kappa shape index (κ2) is 10.7. The summed E-state index contributed by atoms with van der Waals surface area (Å²) in [5.74, 6) is -2.10. The van der Waals surface area contributed by atoms with Crippen molar-refractivity contribution in [1.82, 2.24) is 10.7 Å². The fraction of sp³-hybridized carbons (Fsp3) is 0.412. The highest BCUT2D eigenvalue weighted by atomic mass is 16.5. The van der Waals surface area contributed by atoms with E-state index >= 15 is 0 Å². The normalized spacial score (nSPS) is 11.7.